The molecule has 1 saturated carbocycles. The van der Waals surface area contributed by atoms with Gasteiger partial charge in [-0.2, -0.15) is 0 Å². The molecule has 1 N–H and O–H groups in total. The maximum absolute atomic E-state index is 9.23. The molecule has 0 radical (unpaired) electrons. The molecule has 86 valence electrons. The molecule has 2 aromatic carbocycles. The molecule has 17 heavy (non-hydrogen) atoms. The Morgan fingerprint density at radius 3 is 2.35 bits per heavy atom. The summed E-state index contributed by atoms with van der Waals surface area (Å²) in [5.41, 5.74) is 1.45. The minimum atomic E-state index is 0.338. The lowest BCUT2D eigenvalue weighted by atomic mass is 10.1. The van der Waals surface area contributed by atoms with Gasteiger partial charge in [0.15, 0.2) is 0 Å². The van der Waals surface area contributed by atoms with E-state index in [9.17, 15) is 5.11 Å². The van der Waals surface area contributed by atoms with E-state index in [1.165, 1.54) is 16.9 Å². The summed E-state index contributed by atoms with van der Waals surface area (Å²) >= 11 is 1.91. The monoisotopic (exact) mass is 242 g/mol. The number of benzene rings is 2. The van der Waals surface area contributed by atoms with Gasteiger partial charge in [0, 0.05) is 10.1 Å². The largest absolute Gasteiger partial charge is 0.508 e. The van der Waals surface area contributed by atoms with Crippen molar-refractivity contribution in [1.82, 2.24) is 0 Å². The van der Waals surface area contributed by atoms with Crippen molar-refractivity contribution in [2.75, 3.05) is 0 Å². The highest BCUT2D eigenvalue weighted by atomic mass is 32.2. The van der Waals surface area contributed by atoms with Crippen LogP contribution in [-0.2, 0) is 0 Å². The van der Waals surface area contributed by atoms with Crippen LogP contribution in [0.1, 0.15) is 17.9 Å². The zero-order valence-corrected chi connectivity index (χ0v) is 10.2. The molecule has 1 aliphatic rings. The van der Waals surface area contributed by atoms with Gasteiger partial charge in [-0.3, -0.25) is 0 Å². The topological polar surface area (TPSA) is 20.2 Å². The summed E-state index contributed by atoms with van der Waals surface area (Å²) < 4.78 is 0. The molecule has 2 heteroatoms. The fourth-order valence-corrected chi connectivity index (χ4v) is 3.32. The van der Waals surface area contributed by atoms with Gasteiger partial charge in [0.05, 0.1) is 0 Å². The molecular formula is C15H14OS. The maximum Gasteiger partial charge on any atom is 0.115 e. The molecule has 3 rings (SSSR count). The third kappa shape index (κ3) is 2.47. The van der Waals surface area contributed by atoms with Crippen LogP contribution in [0.3, 0.4) is 0 Å². The van der Waals surface area contributed by atoms with Gasteiger partial charge >= 0.3 is 0 Å². The van der Waals surface area contributed by atoms with E-state index >= 15 is 0 Å². The van der Waals surface area contributed by atoms with E-state index < -0.39 is 0 Å². The van der Waals surface area contributed by atoms with Gasteiger partial charge in [0.2, 0.25) is 0 Å². The van der Waals surface area contributed by atoms with E-state index in [2.05, 4.69) is 30.3 Å². The summed E-state index contributed by atoms with van der Waals surface area (Å²) in [7, 11) is 0. The third-order valence-electron chi connectivity index (χ3n) is 3.08. The Labute approximate surface area is 105 Å². The van der Waals surface area contributed by atoms with Gasteiger partial charge < -0.3 is 5.11 Å². The quantitative estimate of drug-likeness (QED) is 0.876. The standard InChI is InChI=1S/C15H14OS/c16-12-6-8-13(9-7-12)17-15-10-14(15)11-4-2-1-3-5-11/h1-9,14-16H,10H2. The number of hydrogen-bond donors (Lipinski definition) is 1. The van der Waals surface area contributed by atoms with Gasteiger partial charge in [-0.15, -0.1) is 11.8 Å². The summed E-state index contributed by atoms with van der Waals surface area (Å²) in [5.74, 6) is 1.04. The first kappa shape index (κ1) is 10.7. The fourth-order valence-electron chi connectivity index (χ4n) is 2.05. The smallest absolute Gasteiger partial charge is 0.115 e. The van der Waals surface area contributed by atoms with Crippen LogP contribution in [0, 0.1) is 0 Å². The molecule has 1 fully saturated rings. The summed E-state index contributed by atoms with van der Waals surface area (Å²) in [6.45, 7) is 0. The Balaban J connectivity index is 1.64. The van der Waals surface area contributed by atoms with Gasteiger partial charge in [0.1, 0.15) is 5.75 Å². The van der Waals surface area contributed by atoms with Crippen molar-refractivity contribution < 1.29 is 5.11 Å². The molecule has 0 saturated heterocycles. The summed E-state index contributed by atoms with van der Waals surface area (Å²) in [6, 6.07) is 18.2. The van der Waals surface area contributed by atoms with Crippen molar-refractivity contribution in [3.63, 3.8) is 0 Å². The van der Waals surface area contributed by atoms with Crippen LogP contribution in [0.25, 0.3) is 0 Å². The molecule has 0 bridgehead atoms. The van der Waals surface area contributed by atoms with Crippen LogP contribution in [-0.4, -0.2) is 10.4 Å². The molecule has 0 amide bonds. The average Bonchev–Trinajstić information content (AvgIpc) is 3.13. The minimum Gasteiger partial charge on any atom is -0.508 e. The Morgan fingerprint density at radius 1 is 0.941 bits per heavy atom. The highest BCUT2D eigenvalue weighted by Gasteiger charge is 2.38. The van der Waals surface area contributed by atoms with Crippen LogP contribution in [0.15, 0.2) is 59.5 Å². The Bertz CT molecular complexity index is 492. The minimum absolute atomic E-state index is 0.338. The van der Waals surface area contributed by atoms with E-state index in [4.69, 9.17) is 0 Å². The predicted octanol–water partition coefficient (Wildman–Crippen LogP) is 4.04. The number of phenolic OH excluding ortho intramolecular Hbond substituents is 1. The normalized spacial score (nSPS) is 22.4. The summed E-state index contributed by atoms with van der Waals surface area (Å²) in [6.07, 6.45) is 1.26. The highest BCUT2D eigenvalue weighted by molar-refractivity contribution is 8.00. The Hall–Kier alpha value is -1.41. The number of thioether (sulfide) groups is 1. The average molecular weight is 242 g/mol. The SMILES string of the molecule is Oc1ccc(SC2CC2c2ccccc2)cc1. The molecule has 0 spiro atoms. The fraction of sp³-hybridized carbons (Fsp3) is 0.200. The molecular weight excluding hydrogens is 228 g/mol. The second-order valence-corrected chi connectivity index (χ2v) is 5.72. The van der Waals surface area contributed by atoms with E-state index in [1.54, 1.807) is 12.1 Å². The number of aromatic hydroxyl groups is 1. The molecule has 0 heterocycles. The van der Waals surface area contributed by atoms with Gasteiger partial charge in [-0.05, 0) is 42.2 Å². The zero-order chi connectivity index (χ0) is 11.7. The lowest BCUT2D eigenvalue weighted by Crippen LogP contribution is -1.83. The van der Waals surface area contributed by atoms with E-state index in [1.807, 2.05) is 23.9 Å². The first-order chi connectivity index (χ1) is 8.33. The van der Waals surface area contributed by atoms with E-state index in [-0.39, 0.29) is 0 Å². The van der Waals surface area contributed by atoms with Gasteiger partial charge in [-0.1, -0.05) is 30.3 Å². The molecule has 0 aromatic heterocycles. The number of rotatable bonds is 3. The molecule has 1 aliphatic carbocycles. The molecule has 1 nitrogen and oxygen atoms in total. The lowest BCUT2D eigenvalue weighted by molar-refractivity contribution is 0.475. The second kappa shape index (κ2) is 4.46. The van der Waals surface area contributed by atoms with Crippen molar-refractivity contribution in [2.24, 2.45) is 0 Å². The first-order valence-electron chi connectivity index (χ1n) is 5.83. The van der Waals surface area contributed by atoms with Crippen molar-refractivity contribution in [2.45, 2.75) is 22.5 Å². The number of hydrogen-bond acceptors (Lipinski definition) is 2. The first-order valence-corrected chi connectivity index (χ1v) is 6.71. The maximum atomic E-state index is 9.23. The molecule has 2 unspecified atom stereocenters. The van der Waals surface area contributed by atoms with Crippen LogP contribution >= 0.6 is 11.8 Å². The highest BCUT2D eigenvalue weighted by Crippen LogP contribution is 2.51. The van der Waals surface area contributed by atoms with Crippen LogP contribution in [0.4, 0.5) is 0 Å². The molecule has 2 atom stereocenters. The Morgan fingerprint density at radius 2 is 1.65 bits per heavy atom. The third-order valence-corrected chi connectivity index (χ3v) is 4.45. The number of phenols is 1. The van der Waals surface area contributed by atoms with E-state index in [0.717, 1.165) is 0 Å². The zero-order valence-electron chi connectivity index (χ0n) is 9.41. The predicted molar refractivity (Wildman–Crippen MR) is 71.6 cm³/mol. The second-order valence-electron chi connectivity index (χ2n) is 4.40. The van der Waals surface area contributed by atoms with Crippen LogP contribution in [0.2, 0.25) is 0 Å². The van der Waals surface area contributed by atoms with Crippen molar-refractivity contribution in [1.29, 1.82) is 0 Å². The van der Waals surface area contributed by atoms with Crippen LogP contribution < -0.4 is 0 Å². The summed E-state index contributed by atoms with van der Waals surface area (Å²) in [4.78, 5) is 1.24. The van der Waals surface area contributed by atoms with Gasteiger partial charge in [-0.25, -0.2) is 0 Å². The lowest BCUT2D eigenvalue weighted by Gasteiger charge is -2.01. The van der Waals surface area contributed by atoms with Crippen molar-refractivity contribution >= 4 is 11.8 Å². The van der Waals surface area contributed by atoms with Crippen LogP contribution in [0.5, 0.6) is 5.75 Å². The van der Waals surface area contributed by atoms with E-state index in [0.29, 0.717) is 16.9 Å². The Kier molecular flexibility index (Phi) is 2.81. The molecule has 0 aliphatic heterocycles. The van der Waals surface area contributed by atoms with Gasteiger partial charge in [0.25, 0.3) is 0 Å². The van der Waals surface area contributed by atoms with Crippen molar-refractivity contribution in [3.05, 3.63) is 60.2 Å². The summed E-state index contributed by atoms with van der Waals surface area (Å²) in [5, 5.41) is 9.92. The molecule has 2 aromatic rings. The van der Waals surface area contributed by atoms with Crippen molar-refractivity contribution in [3.8, 4) is 5.75 Å².